The Balaban J connectivity index is 2.19. The molecule has 18 heavy (non-hydrogen) atoms. The Kier molecular flexibility index (Phi) is 2.68. The monoisotopic (exact) mass is 259 g/mol. The molecule has 0 aliphatic heterocycles. The predicted octanol–water partition coefficient (Wildman–Crippen LogP) is 3.54. The van der Waals surface area contributed by atoms with Crippen LogP contribution < -0.4 is 5.32 Å². The maximum absolute atomic E-state index is 12.9. The van der Waals surface area contributed by atoms with Crippen molar-refractivity contribution in [1.82, 2.24) is 9.97 Å². The fourth-order valence-electron chi connectivity index (χ4n) is 1.77. The van der Waals surface area contributed by atoms with Gasteiger partial charge < -0.3 is 5.32 Å². The number of rotatable bonds is 2. The lowest BCUT2D eigenvalue weighted by Gasteiger charge is -2.05. The highest BCUT2D eigenvalue weighted by Gasteiger charge is 2.09. The highest BCUT2D eigenvalue weighted by molar-refractivity contribution is 7.16. The summed E-state index contributed by atoms with van der Waals surface area (Å²) in [6.45, 7) is 0. The molecule has 0 saturated carbocycles. The van der Waals surface area contributed by atoms with Gasteiger partial charge in [-0.05, 0) is 35.7 Å². The molecule has 5 heteroatoms. The van der Waals surface area contributed by atoms with Crippen molar-refractivity contribution in [3.05, 3.63) is 41.5 Å². The molecular formula is C13H10FN3S. The molecule has 2 heterocycles. The Labute approximate surface area is 107 Å². The topological polar surface area (TPSA) is 37.8 Å². The van der Waals surface area contributed by atoms with Crippen LogP contribution in [0, 0.1) is 5.82 Å². The molecule has 2 aromatic heterocycles. The molecule has 0 aliphatic carbocycles. The number of hydrogen-bond acceptors (Lipinski definition) is 4. The van der Waals surface area contributed by atoms with Gasteiger partial charge in [0.2, 0.25) is 0 Å². The van der Waals surface area contributed by atoms with E-state index in [9.17, 15) is 4.39 Å². The summed E-state index contributed by atoms with van der Waals surface area (Å²) in [4.78, 5) is 9.87. The minimum Gasteiger partial charge on any atom is -0.372 e. The van der Waals surface area contributed by atoms with Crippen LogP contribution in [0.15, 0.2) is 35.7 Å². The van der Waals surface area contributed by atoms with Gasteiger partial charge in [-0.25, -0.2) is 14.4 Å². The summed E-state index contributed by atoms with van der Waals surface area (Å²) in [5.74, 6) is 1.14. The molecule has 0 atom stereocenters. The van der Waals surface area contributed by atoms with Crippen LogP contribution in [-0.4, -0.2) is 17.0 Å². The molecule has 0 amide bonds. The molecule has 3 nitrogen and oxygen atoms in total. The first kappa shape index (κ1) is 11.1. The van der Waals surface area contributed by atoms with Crippen molar-refractivity contribution in [3.8, 4) is 11.4 Å². The molecule has 3 aromatic rings. The molecule has 0 bridgehead atoms. The van der Waals surface area contributed by atoms with Gasteiger partial charge in [-0.15, -0.1) is 11.3 Å². The van der Waals surface area contributed by atoms with E-state index in [1.807, 2.05) is 18.5 Å². The number of halogens is 1. The summed E-state index contributed by atoms with van der Waals surface area (Å²) >= 11 is 1.56. The van der Waals surface area contributed by atoms with Gasteiger partial charge in [-0.3, -0.25) is 0 Å². The van der Waals surface area contributed by atoms with Crippen LogP contribution in [0.5, 0.6) is 0 Å². The third-order valence-electron chi connectivity index (χ3n) is 2.66. The average molecular weight is 259 g/mol. The third kappa shape index (κ3) is 1.82. The van der Waals surface area contributed by atoms with Gasteiger partial charge >= 0.3 is 0 Å². The van der Waals surface area contributed by atoms with E-state index in [1.165, 1.54) is 12.1 Å². The number of nitrogens with zero attached hydrogens (tertiary/aromatic N) is 2. The van der Waals surface area contributed by atoms with Crippen molar-refractivity contribution >= 4 is 27.4 Å². The predicted molar refractivity (Wildman–Crippen MR) is 72.4 cm³/mol. The van der Waals surface area contributed by atoms with E-state index in [-0.39, 0.29) is 5.82 Å². The number of anilines is 1. The Morgan fingerprint density at radius 3 is 2.61 bits per heavy atom. The standard InChI is InChI=1S/C13H10FN3S/c1-15-12-10-6-7-18-13(10)17-11(16-12)8-2-4-9(14)5-3-8/h2-7H,1H3,(H,15,16,17). The third-order valence-corrected chi connectivity index (χ3v) is 3.47. The van der Waals surface area contributed by atoms with E-state index >= 15 is 0 Å². The molecule has 0 saturated heterocycles. The minimum atomic E-state index is -0.259. The number of benzene rings is 1. The van der Waals surface area contributed by atoms with E-state index in [0.717, 1.165) is 21.6 Å². The summed E-state index contributed by atoms with van der Waals surface area (Å²) in [5.41, 5.74) is 0.809. The lowest BCUT2D eigenvalue weighted by molar-refractivity contribution is 0.628. The van der Waals surface area contributed by atoms with Gasteiger partial charge in [0.05, 0.1) is 5.39 Å². The van der Waals surface area contributed by atoms with Crippen LogP contribution in [0.3, 0.4) is 0 Å². The number of hydrogen-bond donors (Lipinski definition) is 1. The molecule has 3 rings (SSSR count). The van der Waals surface area contributed by atoms with Crippen molar-refractivity contribution in [2.24, 2.45) is 0 Å². The highest BCUT2D eigenvalue weighted by atomic mass is 32.1. The summed E-state index contributed by atoms with van der Waals surface area (Å²) in [6.07, 6.45) is 0. The summed E-state index contributed by atoms with van der Waals surface area (Å²) in [7, 11) is 1.83. The molecule has 1 N–H and O–H groups in total. The van der Waals surface area contributed by atoms with E-state index in [4.69, 9.17) is 0 Å². The number of nitrogens with one attached hydrogen (secondary N) is 1. The van der Waals surface area contributed by atoms with E-state index in [2.05, 4.69) is 15.3 Å². The zero-order valence-corrected chi connectivity index (χ0v) is 10.5. The van der Waals surface area contributed by atoms with Crippen molar-refractivity contribution in [2.75, 3.05) is 12.4 Å². The largest absolute Gasteiger partial charge is 0.372 e. The second-order valence-corrected chi connectivity index (χ2v) is 4.69. The Hall–Kier alpha value is -2.01. The Morgan fingerprint density at radius 2 is 1.89 bits per heavy atom. The quantitative estimate of drug-likeness (QED) is 0.765. The highest BCUT2D eigenvalue weighted by Crippen LogP contribution is 2.28. The van der Waals surface area contributed by atoms with Gasteiger partial charge in [0.1, 0.15) is 16.5 Å². The average Bonchev–Trinajstić information content (AvgIpc) is 2.86. The SMILES string of the molecule is CNc1nc(-c2ccc(F)cc2)nc2sccc12. The van der Waals surface area contributed by atoms with Gasteiger partial charge in [0, 0.05) is 12.6 Å². The summed E-state index contributed by atoms with van der Waals surface area (Å²) in [6, 6.07) is 8.18. The van der Waals surface area contributed by atoms with Crippen molar-refractivity contribution in [2.45, 2.75) is 0 Å². The number of fused-ring (bicyclic) bond motifs is 1. The van der Waals surface area contributed by atoms with Gasteiger partial charge in [-0.2, -0.15) is 0 Å². The number of thiophene rings is 1. The van der Waals surface area contributed by atoms with Crippen molar-refractivity contribution in [3.63, 3.8) is 0 Å². The lowest BCUT2D eigenvalue weighted by Crippen LogP contribution is -1.97. The van der Waals surface area contributed by atoms with E-state index in [0.29, 0.717) is 5.82 Å². The maximum atomic E-state index is 12.9. The molecule has 1 aromatic carbocycles. The van der Waals surface area contributed by atoms with E-state index < -0.39 is 0 Å². The lowest BCUT2D eigenvalue weighted by atomic mass is 10.2. The maximum Gasteiger partial charge on any atom is 0.163 e. The number of aromatic nitrogens is 2. The van der Waals surface area contributed by atoms with Crippen LogP contribution in [0.1, 0.15) is 0 Å². The van der Waals surface area contributed by atoms with Gasteiger partial charge in [0.25, 0.3) is 0 Å². The second-order valence-electron chi connectivity index (χ2n) is 3.79. The van der Waals surface area contributed by atoms with Crippen LogP contribution >= 0.6 is 11.3 Å². The van der Waals surface area contributed by atoms with Gasteiger partial charge in [0.15, 0.2) is 5.82 Å². The van der Waals surface area contributed by atoms with Crippen LogP contribution in [0.2, 0.25) is 0 Å². The zero-order valence-electron chi connectivity index (χ0n) is 9.64. The zero-order chi connectivity index (χ0) is 12.5. The van der Waals surface area contributed by atoms with Crippen LogP contribution in [0.4, 0.5) is 10.2 Å². The van der Waals surface area contributed by atoms with Crippen LogP contribution in [0.25, 0.3) is 21.6 Å². The Morgan fingerprint density at radius 1 is 1.11 bits per heavy atom. The first-order chi connectivity index (χ1) is 8.78. The summed E-state index contributed by atoms with van der Waals surface area (Å²) in [5, 5.41) is 6.05. The smallest absolute Gasteiger partial charge is 0.163 e. The minimum absolute atomic E-state index is 0.259. The van der Waals surface area contributed by atoms with E-state index in [1.54, 1.807) is 23.5 Å². The molecular weight excluding hydrogens is 249 g/mol. The fraction of sp³-hybridized carbons (Fsp3) is 0.0769. The second kappa shape index (κ2) is 4.34. The molecule has 0 unspecified atom stereocenters. The van der Waals surface area contributed by atoms with Gasteiger partial charge in [-0.1, -0.05) is 0 Å². The first-order valence-electron chi connectivity index (χ1n) is 5.47. The fourth-order valence-corrected chi connectivity index (χ4v) is 2.54. The molecule has 0 radical (unpaired) electrons. The van der Waals surface area contributed by atoms with Crippen molar-refractivity contribution in [1.29, 1.82) is 0 Å². The molecule has 0 fully saturated rings. The Bertz CT molecular complexity index is 691. The molecule has 0 aliphatic rings. The van der Waals surface area contributed by atoms with Crippen molar-refractivity contribution < 1.29 is 4.39 Å². The first-order valence-corrected chi connectivity index (χ1v) is 6.35. The summed E-state index contributed by atoms with van der Waals surface area (Å²) < 4.78 is 12.9. The molecule has 90 valence electrons. The van der Waals surface area contributed by atoms with Crippen LogP contribution in [-0.2, 0) is 0 Å². The normalized spacial score (nSPS) is 10.8. The molecule has 0 spiro atoms.